The SMILES string of the molecule is CCCn1c(=NC(=O)c2ccc(OC)c(OC)c2)sc2cc3c(cc21)OCCO3. The molecule has 1 aromatic heterocycles. The normalized spacial score (nSPS) is 13.6. The number of hydrogen-bond donors (Lipinski definition) is 0. The number of thiazole rings is 1. The van der Waals surface area contributed by atoms with Crippen molar-refractivity contribution in [3.8, 4) is 23.0 Å². The highest BCUT2D eigenvalue weighted by molar-refractivity contribution is 7.16. The number of benzene rings is 2. The lowest BCUT2D eigenvalue weighted by Gasteiger charge is -2.18. The summed E-state index contributed by atoms with van der Waals surface area (Å²) < 4.78 is 25.0. The molecular weight excluding hydrogens is 392 g/mol. The van der Waals surface area contributed by atoms with E-state index in [1.165, 1.54) is 18.4 Å². The molecule has 1 aliphatic rings. The number of amides is 1. The van der Waals surface area contributed by atoms with Gasteiger partial charge in [-0.1, -0.05) is 18.3 Å². The topological polar surface area (TPSA) is 71.3 Å². The number of hydrogen-bond acceptors (Lipinski definition) is 6. The number of fused-ring (bicyclic) bond motifs is 2. The Hall–Kier alpha value is -3.00. The van der Waals surface area contributed by atoms with E-state index >= 15 is 0 Å². The fourth-order valence-corrected chi connectivity index (χ4v) is 4.32. The zero-order chi connectivity index (χ0) is 20.4. The molecule has 2 aromatic carbocycles. The number of methoxy groups -OCH3 is 2. The van der Waals surface area contributed by atoms with Gasteiger partial charge in [-0.25, -0.2) is 0 Å². The van der Waals surface area contributed by atoms with Crippen LogP contribution in [0.1, 0.15) is 23.7 Å². The summed E-state index contributed by atoms with van der Waals surface area (Å²) in [5, 5.41) is 0. The molecule has 7 nitrogen and oxygen atoms in total. The average molecular weight is 414 g/mol. The standard InChI is InChI=1S/C21H22N2O5S/c1-4-7-23-14-11-17-18(28-9-8-27-17)12-19(14)29-21(23)22-20(24)13-5-6-15(25-2)16(10-13)26-3/h5-6,10-12H,4,7-9H2,1-3H3. The van der Waals surface area contributed by atoms with Gasteiger partial charge in [0.1, 0.15) is 13.2 Å². The molecule has 0 saturated carbocycles. The van der Waals surface area contributed by atoms with E-state index in [0.29, 0.717) is 35.1 Å². The highest BCUT2D eigenvalue weighted by atomic mass is 32.1. The van der Waals surface area contributed by atoms with Gasteiger partial charge in [0.25, 0.3) is 5.91 Å². The van der Waals surface area contributed by atoms with E-state index in [0.717, 1.165) is 34.7 Å². The van der Waals surface area contributed by atoms with E-state index in [2.05, 4.69) is 16.5 Å². The maximum absolute atomic E-state index is 12.9. The van der Waals surface area contributed by atoms with Crippen LogP contribution in [0.25, 0.3) is 10.2 Å². The molecule has 0 saturated heterocycles. The van der Waals surface area contributed by atoms with Gasteiger partial charge in [0.15, 0.2) is 27.8 Å². The van der Waals surface area contributed by atoms with Crippen LogP contribution in [0.3, 0.4) is 0 Å². The third-order valence-corrected chi connectivity index (χ3v) is 5.66. The van der Waals surface area contributed by atoms with Gasteiger partial charge < -0.3 is 23.5 Å². The average Bonchev–Trinajstić information content (AvgIpc) is 3.07. The monoisotopic (exact) mass is 414 g/mol. The largest absolute Gasteiger partial charge is 0.493 e. The van der Waals surface area contributed by atoms with Gasteiger partial charge in [0.05, 0.1) is 24.4 Å². The minimum atomic E-state index is -0.334. The first kappa shape index (κ1) is 19.3. The smallest absolute Gasteiger partial charge is 0.279 e. The molecule has 0 bridgehead atoms. The van der Waals surface area contributed by atoms with E-state index in [1.54, 1.807) is 25.3 Å². The first-order valence-corrected chi connectivity index (χ1v) is 10.2. The molecule has 4 rings (SSSR count). The van der Waals surface area contributed by atoms with E-state index in [-0.39, 0.29) is 5.91 Å². The van der Waals surface area contributed by atoms with Crippen molar-refractivity contribution in [1.29, 1.82) is 0 Å². The highest BCUT2D eigenvalue weighted by Gasteiger charge is 2.17. The molecular formula is C21H22N2O5S. The molecule has 2 heterocycles. The Morgan fingerprint density at radius 1 is 1.10 bits per heavy atom. The van der Waals surface area contributed by atoms with Crippen molar-refractivity contribution in [2.24, 2.45) is 4.99 Å². The Labute approximate surface area is 172 Å². The third kappa shape index (κ3) is 3.67. The summed E-state index contributed by atoms with van der Waals surface area (Å²) in [6.45, 7) is 3.91. The van der Waals surface area contributed by atoms with Crippen molar-refractivity contribution in [2.75, 3.05) is 27.4 Å². The molecule has 1 aliphatic heterocycles. The molecule has 0 unspecified atom stereocenters. The molecule has 0 aliphatic carbocycles. The van der Waals surface area contributed by atoms with Crippen LogP contribution < -0.4 is 23.7 Å². The molecule has 0 fully saturated rings. The lowest BCUT2D eigenvalue weighted by molar-refractivity contribution is 0.0997. The molecule has 0 radical (unpaired) electrons. The summed E-state index contributed by atoms with van der Waals surface area (Å²) in [6, 6.07) is 8.96. The first-order chi connectivity index (χ1) is 14.1. The predicted octanol–water partition coefficient (Wildman–Crippen LogP) is 3.64. The third-order valence-electron chi connectivity index (χ3n) is 4.62. The predicted molar refractivity (Wildman–Crippen MR) is 111 cm³/mol. The Kier molecular flexibility index (Phi) is 5.44. The summed E-state index contributed by atoms with van der Waals surface area (Å²) >= 11 is 1.46. The minimum Gasteiger partial charge on any atom is -0.493 e. The Morgan fingerprint density at radius 3 is 2.52 bits per heavy atom. The van der Waals surface area contributed by atoms with Gasteiger partial charge >= 0.3 is 0 Å². The minimum absolute atomic E-state index is 0.334. The van der Waals surface area contributed by atoms with Crippen LogP contribution in [0.4, 0.5) is 0 Å². The first-order valence-electron chi connectivity index (χ1n) is 9.38. The van der Waals surface area contributed by atoms with Gasteiger partial charge in [-0.05, 0) is 24.6 Å². The highest BCUT2D eigenvalue weighted by Crippen LogP contribution is 2.35. The summed E-state index contributed by atoms with van der Waals surface area (Å²) in [5.41, 5.74) is 1.43. The second kappa shape index (κ2) is 8.16. The van der Waals surface area contributed by atoms with Crippen LogP contribution in [0, 0.1) is 0 Å². The van der Waals surface area contributed by atoms with E-state index < -0.39 is 0 Å². The zero-order valence-electron chi connectivity index (χ0n) is 16.6. The van der Waals surface area contributed by atoms with Crippen molar-refractivity contribution < 1.29 is 23.7 Å². The molecule has 0 N–H and O–H groups in total. The maximum atomic E-state index is 12.9. The fourth-order valence-electron chi connectivity index (χ4n) is 3.25. The van der Waals surface area contributed by atoms with Crippen LogP contribution in [0.15, 0.2) is 35.3 Å². The number of rotatable bonds is 5. The molecule has 8 heteroatoms. The Morgan fingerprint density at radius 2 is 1.83 bits per heavy atom. The molecule has 0 atom stereocenters. The van der Waals surface area contributed by atoms with Gasteiger partial charge in [-0.15, -0.1) is 0 Å². The van der Waals surface area contributed by atoms with Crippen LogP contribution >= 0.6 is 11.3 Å². The van der Waals surface area contributed by atoms with Crippen LogP contribution in [0.5, 0.6) is 23.0 Å². The van der Waals surface area contributed by atoms with E-state index in [1.807, 2.05) is 12.1 Å². The number of nitrogens with zero attached hydrogens (tertiary/aromatic N) is 2. The van der Waals surface area contributed by atoms with Gasteiger partial charge in [-0.2, -0.15) is 4.99 Å². The van der Waals surface area contributed by atoms with Crippen molar-refractivity contribution in [1.82, 2.24) is 4.57 Å². The number of ether oxygens (including phenoxy) is 4. The van der Waals surface area contributed by atoms with Crippen molar-refractivity contribution in [2.45, 2.75) is 19.9 Å². The summed E-state index contributed by atoms with van der Waals surface area (Å²) in [5.74, 6) is 2.18. The van der Waals surface area contributed by atoms with E-state index in [4.69, 9.17) is 18.9 Å². The number of aryl methyl sites for hydroxylation is 1. The summed E-state index contributed by atoms with van der Waals surface area (Å²) in [6.07, 6.45) is 0.915. The second-order valence-electron chi connectivity index (χ2n) is 6.49. The summed E-state index contributed by atoms with van der Waals surface area (Å²) in [4.78, 5) is 17.9. The van der Waals surface area contributed by atoms with Gasteiger partial charge in [-0.3, -0.25) is 4.79 Å². The van der Waals surface area contributed by atoms with Crippen molar-refractivity contribution >= 4 is 27.5 Å². The van der Waals surface area contributed by atoms with Gasteiger partial charge in [0.2, 0.25) is 0 Å². The van der Waals surface area contributed by atoms with Crippen molar-refractivity contribution in [3.05, 3.63) is 40.7 Å². The van der Waals surface area contributed by atoms with Crippen molar-refractivity contribution in [3.63, 3.8) is 0 Å². The van der Waals surface area contributed by atoms with E-state index in [9.17, 15) is 4.79 Å². The van der Waals surface area contributed by atoms with Gasteiger partial charge in [0, 0.05) is 24.2 Å². The van der Waals surface area contributed by atoms with Crippen LogP contribution in [0.2, 0.25) is 0 Å². The van der Waals surface area contributed by atoms with Crippen LogP contribution in [-0.2, 0) is 6.54 Å². The molecule has 29 heavy (non-hydrogen) atoms. The molecule has 1 amide bonds. The fraction of sp³-hybridized carbons (Fsp3) is 0.333. The second-order valence-corrected chi connectivity index (χ2v) is 7.50. The number of aromatic nitrogens is 1. The maximum Gasteiger partial charge on any atom is 0.279 e. The molecule has 152 valence electrons. The zero-order valence-corrected chi connectivity index (χ0v) is 17.4. The quantitative estimate of drug-likeness (QED) is 0.637. The molecule has 0 spiro atoms. The Balaban J connectivity index is 1.80. The summed E-state index contributed by atoms with van der Waals surface area (Å²) in [7, 11) is 3.10. The lowest BCUT2D eigenvalue weighted by atomic mass is 10.2. The molecule has 3 aromatic rings. The number of carbonyl (C=O) groups is 1. The number of carbonyl (C=O) groups excluding carboxylic acids is 1. The lowest BCUT2D eigenvalue weighted by Crippen LogP contribution is -2.17. The Bertz CT molecular complexity index is 1130. The van der Waals surface area contributed by atoms with Crippen LogP contribution in [-0.4, -0.2) is 37.9 Å².